The molecule has 0 atom stereocenters. The quantitative estimate of drug-likeness (QED) is 0.219. The Morgan fingerprint density at radius 3 is 1.59 bits per heavy atom. The van der Waals surface area contributed by atoms with Gasteiger partial charge >= 0.3 is 0 Å². The van der Waals surface area contributed by atoms with Gasteiger partial charge in [-0.1, -0.05) is 121 Å². The molecular weight excluding hydrogens is 504 g/mol. The van der Waals surface area contributed by atoms with Gasteiger partial charge in [0, 0.05) is 11.1 Å². The summed E-state index contributed by atoms with van der Waals surface area (Å²) in [6, 6.07) is 49.0. The summed E-state index contributed by atoms with van der Waals surface area (Å²) in [5.41, 5.74) is 9.56. The predicted octanol–water partition coefficient (Wildman–Crippen LogP) is 8.62. The molecule has 1 N–H and O–H groups in total. The molecule has 0 aliphatic heterocycles. The van der Waals surface area contributed by atoms with Crippen molar-refractivity contribution in [2.24, 2.45) is 0 Å². The maximum atomic E-state index is 11.5. The minimum atomic E-state index is -0.687. The van der Waals surface area contributed by atoms with Crippen LogP contribution in [0.15, 0.2) is 146 Å². The first kappa shape index (κ1) is 24.6. The molecule has 0 saturated heterocycles. The molecule has 0 unspecified atom stereocenters. The Balaban J connectivity index is 1.59. The van der Waals surface area contributed by atoms with Crippen LogP contribution in [0.3, 0.4) is 0 Å². The maximum absolute atomic E-state index is 11.5. The number of hydrogen-bond donors (Lipinski definition) is 1. The topological polar surface area (TPSA) is 46.5 Å². The lowest BCUT2D eigenvalue weighted by molar-refractivity contribution is -0.120. The van der Waals surface area contributed by atoms with Crippen LogP contribution in [0, 0.1) is 0 Å². The summed E-state index contributed by atoms with van der Waals surface area (Å²) in [5, 5.41) is 11.0. The highest BCUT2D eigenvalue weighted by atomic mass is 16.5. The Morgan fingerprint density at radius 1 is 0.512 bits per heavy atom. The molecule has 196 valence electrons. The number of rotatable bonds is 6. The van der Waals surface area contributed by atoms with E-state index in [4.69, 9.17) is 4.74 Å². The SMILES string of the molecule is O=COc1ccc(C2(c3ccc(O)c(-c4ccccc4)c3)c3ccccc3-c3ccccc32)cc1-c1ccccc1. The van der Waals surface area contributed by atoms with Crippen LogP contribution in [0.5, 0.6) is 11.5 Å². The highest BCUT2D eigenvalue weighted by molar-refractivity contribution is 5.88. The van der Waals surface area contributed by atoms with Crippen LogP contribution >= 0.6 is 0 Å². The lowest BCUT2D eigenvalue weighted by Gasteiger charge is -2.35. The van der Waals surface area contributed by atoms with Crippen molar-refractivity contribution in [3.05, 3.63) is 168 Å². The molecular formula is C38H26O3. The van der Waals surface area contributed by atoms with Crippen molar-refractivity contribution in [2.45, 2.75) is 5.41 Å². The molecule has 0 fully saturated rings. The molecule has 0 amide bonds. The fourth-order valence-electron chi connectivity index (χ4n) is 6.40. The minimum Gasteiger partial charge on any atom is -0.507 e. The van der Waals surface area contributed by atoms with Gasteiger partial charge in [0.2, 0.25) is 0 Å². The van der Waals surface area contributed by atoms with Gasteiger partial charge in [0.05, 0.1) is 5.41 Å². The number of carbonyl (C=O) groups is 1. The van der Waals surface area contributed by atoms with E-state index in [9.17, 15) is 9.90 Å². The number of carbonyl (C=O) groups excluding carboxylic acids is 1. The number of fused-ring (bicyclic) bond motifs is 3. The molecule has 6 aromatic rings. The zero-order chi connectivity index (χ0) is 27.8. The molecule has 1 aliphatic carbocycles. The van der Waals surface area contributed by atoms with E-state index in [1.165, 1.54) is 11.1 Å². The van der Waals surface area contributed by atoms with E-state index in [-0.39, 0.29) is 5.75 Å². The third-order valence-electron chi connectivity index (χ3n) is 8.14. The average Bonchev–Trinajstić information content (AvgIpc) is 3.34. The number of aromatic hydroxyl groups is 1. The summed E-state index contributed by atoms with van der Waals surface area (Å²) in [6.07, 6.45) is 0. The molecule has 0 heterocycles. The first-order valence-electron chi connectivity index (χ1n) is 13.6. The first-order chi connectivity index (χ1) is 20.2. The number of ether oxygens (including phenoxy) is 1. The minimum absolute atomic E-state index is 0.231. The Kier molecular flexibility index (Phi) is 5.98. The van der Waals surface area contributed by atoms with Crippen LogP contribution in [0.4, 0.5) is 0 Å². The van der Waals surface area contributed by atoms with Crippen molar-refractivity contribution >= 4 is 6.47 Å². The van der Waals surface area contributed by atoms with Gasteiger partial charge in [0.25, 0.3) is 6.47 Å². The van der Waals surface area contributed by atoms with Gasteiger partial charge < -0.3 is 9.84 Å². The Bertz CT molecular complexity index is 1850. The maximum Gasteiger partial charge on any atom is 0.298 e. The van der Waals surface area contributed by atoms with Gasteiger partial charge in [0.1, 0.15) is 11.5 Å². The molecule has 0 radical (unpaired) electrons. The summed E-state index contributed by atoms with van der Waals surface area (Å²) in [4.78, 5) is 11.5. The van der Waals surface area contributed by atoms with Gasteiger partial charge in [-0.25, -0.2) is 0 Å². The number of phenols is 1. The second kappa shape index (κ2) is 9.96. The van der Waals surface area contributed by atoms with Crippen LogP contribution < -0.4 is 4.74 Å². The zero-order valence-electron chi connectivity index (χ0n) is 22.2. The summed E-state index contributed by atoms with van der Waals surface area (Å²) in [5.74, 6) is 0.731. The second-order valence-electron chi connectivity index (χ2n) is 10.2. The van der Waals surface area contributed by atoms with E-state index in [0.717, 1.165) is 44.5 Å². The van der Waals surface area contributed by atoms with Crippen molar-refractivity contribution in [2.75, 3.05) is 0 Å². The van der Waals surface area contributed by atoms with Crippen molar-refractivity contribution in [1.82, 2.24) is 0 Å². The summed E-state index contributed by atoms with van der Waals surface area (Å²) < 4.78 is 5.47. The van der Waals surface area contributed by atoms with E-state index < -0.39 is 5.41 Å². The molecule has 3 nitrogen and oxygen atoms in total. The largest absolute Gasteiger partial charge is 0.507 e. The molecule has 3 heteroatoms. The molecule has 6 aromatic carbocycles. The van der Waals surface area contributed by atoms with E-state index in [1.807, 2.05) is 72.8 Å². The van der Waals surface area contributed by atoms with Crippen molar-refractivity contribution < 1.29 is 14.6 Å². The number of phenolic OH excluding ortho intramolecular Hbond substituents is 1. The molecule has 41 heavy (non-hydrogen) atoms. The van der Waals surface area contributed by atoms with Gasteiger partial charge in [-0.15, -0.1) is 0 Å². The van der Waals surface area contributed by atoms with Crippen LogP contribution in [-0.4, -0.2) is 11.6 Å². The van der Waals surface area contributed by atoms with Crippen LogP contribution in [0.25, 0.3) is 33.4 Å². The van der Waals surface area contributed by atoms with E-state index in [1.54, 1.807) is 6.07 Å². The fraction of sp³-hybridized carbons (Fsp3) is 0.0263. The fourth-order valence-corrected chi connectivity index (χ4v) is 6.40. The highest BCUT2D eigenvalue weighted by Gasteiger charge is 2.46. The zero-order valence-corrected chi connectivity index (χ0v) is 22.2. The van der Waals surface area contributed by atoms with E-state index in [0.29, 0.717) is 12.2 Å². The summed E-state index contributed by atoms with van der Waals surface area (Å²) >= 11 is 0. The smallest absolute Gasteiger partial charge is 0.298 e. The highest BCUT2D eigenvalue weighted by Crippen LogP contribution is 2.57. The van der Waals surface area contributed by atoms with E-state index in [2.05, 4.69) is 66.7 Å². The molecule has 0 bridgehead atoms. The van der Waals surface area contributed by atoms with Gasteiger partial charge in [0.15, 0.2) is 0 Å². The molecule has 0 saturated carbocycles. The van der Waals surface area contributed by atoms with Gasteiger partial charge in [-0.05, 0) is 68.8 Å². The third-order valence-corrected chi connectivity index (χ3v) is 8.14. The Morgan fingerprint density at radius 2 is 1.00 bits per heavy atom. The lowest BCUT2D eigenvalue weighted by Crippen LogP contribution is -2.28. The van der Waals surface area contributed by atoms with Crippen LogP contribution in [-0.2, 0) is 10.2 Å². The molecule has 0 spiro atoms. The summed E-state index contributed by atoms with van der Waals surface area (Å²) in [6.45, 7) is 0.476. The lowest BCUT2D eigenvalue weighted by atomic mass is 9.67. The first-order valence-corrected chi connectivity index (χ1v) is 13.6. The van der Waals surface area contributed by atoms with E-state index >= 15 is 0 Å². The molecule has 0 aromatic heterocycles. The predicted molar refractivity (Wildman–Crippen MR) is 163 cm³/mol. The van der Waals surface area contributed by atoms with Gasteiger partial charge in [-0.3, -0.25) is 4.79 Å². The van der Waals surface area contributed by atoms with Gasteiger partial charge in [-0.2, -0.15) is 0 Å². The van der Waals surface area contributed by atoms with Crippen molar-refractivity contribution in [3.8, 4) is 44.9 Å². The van der Waals surface area contributed by atoms with Crippen LogP contribution in [0.1, 0.15) is 22.3 Å². The summed E-state index contributed by atoms with van der Waals surface area (Å²) in [7, 11) is 0. The second-order valence-corrected chi connectivity index (χ2v) is 10.2. The molecule has 7 rings (SSSR count). The Hall–Kier alpha value is -5.41. The van der Waals surface area contributed by atoms with Crippen molar-refractivity contribution in [3.63, 3.8) is 0 Å². The third kappa shape index (κ3) is 3.86. The van der Waals surface area contributed by atoms with Crippen LogP contribution in [0.2, 0.25) is 0 Å². The number of benzene rings is 6. The standard InChI is InChI=1S/C38H26O3/c39-25-41-37-22-20-29(24-33(37)27-13-5-2-6-14-27)38(28-19-21-36(40)32(23-28)26-11-3-1-4-12-26)34-17-9-7-15-30(34)31-16-8-10-18-35(31)38/h1-25,40H. The monoisotopic (exact) mass is 530 g/mol. The number of hydrogen-bond acceptors (Lipinski definition) is 3. The Labute approximate surface area is 239 Å². The molecule has 1 aliphatic rings. The van der Waals surface area contributed by atoms with Crippen molar-refractivity contribution in [1.29, 1.82) is 0 Å². The normalized spacial score (nSPS) is 12.8. The average molecular weight is 531 g/mol.